The second-order valence-corrected chi connectivity index (χ2v) is 5.87. The normalized spacial score (nSPS) is 25.0. The smallest absolute Gasteiger partial charge is 0.239 e. The second kappa shape index (κ2) is 4.88. The molecule has 1 rings (SSSR count). The van der Waals surface area contributed by atoms with Crippen molar-refractivity contribution in [3.8, 4) is 0 Å². The Morgan fingerprint density at radius 2 is 2.33 bits per heavy atom. The van der Waals surface area contributed by atoms with Gasteiger partial charge in [0.25, 0.3) is 0 Å². The van der Waals surface area contributed by atoms with Crippen LogP contribution < -0.4 is 11.1 Å². The molecule has 0 aromatic rings. The van der Waals surface area contributed by atoms with Crippen LogP contribution in [0.5, 0.6) is 0 Å². The highest BCUT2D eigenvalue weighted by atomic mass is 32.2. The van der Waals surface area contributed by atoms with Crippen molar-refractivity contribution in [3.05, 3.63) is 0 Å². The van der Waals surface area contributed by atoms with E-state index in [-0.39, 0.29) is 17.9 Å². The van der Waals surface area contributed by atoms with Gasteiger partial charge in [-0.1, -0.05) is 32.5 Å². The van der Waals surface area contributed by atoms with Crippen molar-refractivity contribution in [2.24, 2.45) is 16.1 Å². The molecule has 1 aliphatic rings. The molecule has 5 heteroatoms. The molecule has 0 radical (unpaired) electrons. The van der Waals surface area contributed by atoms with Crippen LogP contribution in [0.15, 0.2) is 4.99 Å². The van der Waals surface area contributed by atoms with Gasteiger partial charge in [-0.25, -0.2) is 0 Å². The molecule has 15 heavy (non-hydrogen) atoms. The third kappa shape index (κ3) is 4.11. The minimum atomic E-state index is -0.386. The molecule has 0 aliphatic carbocycles. The van der Waals surface area contributed by atoms with E-state index in [0.29, 0.717) is 6.04 Å². The zero-order chi connectivity index (χ0) is 11.5. The summed E-state index contributed by atoms with van der Waals surface area (Å²) in [5.74, 6) is 0.662. The van der Waals surface area contributed by atoms with Crippen molar-refractivity contribution < 1.29 is 4.79 Å². The highest BCUT2D eigenvalue weighted by Gasteiger charge is 2.28. The van der Waals surface area contributed by atoms with E-state index in [1.807, 2.05) is 0 Å². The summed E-state index contributed by atoms with van der Waals surface area (Å²) in [6, 6.07) is 0.422. The molecule has 0 saturated carbocycles. The zero-order valence-corrected chi connectivity index (χ0v) is 10.4. The average molecular weight is 229 g/mol. The number of carbonyl (C=O) groups is 1. The van der Waals surface area contributed by atoms with E-state index in [0.717, 1.165) is 17.3 Å². The van der Waals surface area contributed by atoms with Crippen LogP contribution in [0, 0.1) is 5.41 Å². The maximum absolute atomic E-state index is 10.6. The van der Waals surface area contributed by atoms with E-state index in [2.05, 4.69) is 31.1 Å². The fourth-order valence-electron chi connectivity index (χ4n) is 1.43. The van der Waals surface area contributed by atoms with Crippen LogP contribution in [0.2, 0.25) is 0 Å². The number of nitrogens with one attached hydrogen (secondary N) is 1. The third-order valence-corrected chi connectivity index (χ3v) is 3.33. The van der Waals surface area contributed by atoms with E-state index in [1.54, 1.807) is 11.8 Å². The molecule has 3 N–H and O–H groups in total. The minimum absolute atomic E-state index is 0.0756. The molecule has 0 aromatic carbocycles. The van der Waals surface area contributed by atoms with Gasteiger partial charge in [-0.05, 0) is 11.8 Å². The molecule has 0 aromatic heterocycles. The number of amidine groups is 1. The van der Waals surface area contributed by atoms with E-state index >= 15 is 0 Å². The maximum Gasteiger partial charge on any atom is 0.239 e. The number of hydrogen-bond donors (Lipinski definition) is 2. The van der Waals surface area contributed by atoms with Crippen LogP contribution in [0.3, 0.4) is 0 Å². The Bertz CT molecular complexity index is 270. The third-order valence-electron chi connectivity index (χ3n) is 2.37. The standard InChI is InChI=1S/C10H19N3OS/c1-10(2,3)7-4-5-15-9(13-7)12-6-8(11)14/h7H,4-6H2,1-3H3,(H2,11,14)(H,12,13). The largest absolute Gasteiger partial charge is 0.368 e. The van der Waals surface area contributed by atoms with Gasteiger partial charge in [0.1, 0.15) is 6.54 Å². The van der Waals surface area contributed by atoms with Gasteiger partial charge in [-0.3, -0.25) is 9.79 Å². The number of amides is 1. The molecule has 1 heterocycles. The Labute approximate surface area is 95.1 Å². The van der Waals surface area contributed by atoms with Gasteiger partial charge in [0.15, 0.2) is 5.17 Å². The van der Waals surface area contributed by atoms with Crippen molar-refractivity contribution in [3.63, 3.8) is 0 Å². The number of primary amides is 1. The highest BCUT2D eigenvalue weighted by Crippen LogP contribution is 2.27. The summed E-state index contributed by atoms with van der Waals surface area (Å²) in [4.78, 5) is 14.7. The summed E-state index contributed by atoms with van der Waals surface area (Å²) < 4.78 is 0. The molecular formula is C10H19N3OS. The molecule has 1 saturated heterocycles. The van der Waals surface area contributed by atoms with E-state index in [9.17, 15) is 4.79 Å². The maximum atomic E-state index is 10.6. The van der Waals surface area contributed by atoms with Crippen molar-refractivity contribution in [1.29, 1.82) is 0 Å². The van der Waals surface area contributed by atoms with E-state index < -0.39 is 0 Å². The highest BCUT2D eigenvalue weighted by molar-refractivity contribution is 8.13. The lowest BCUT2D eigenvalue weighted by atomic mass is 9.85. The number of aliphatic imine (C=N–C) groups is 1. The Morgan fingerprint density at radius 1 is 1.67 bits per heavy atom. The summed E-state index contributed by atoms with van der Waals surface area (Å²) in [6.07, 6.45) is 1.13. The quantitative estimate of drug-likeness (QED) is 0.741. The van der Waals surface area contributed by atoms with Crippen LogP contribution in [0.25, 0.3) is 0 Å². The number of carbonyl (C=O) groups excluding carboxylic acids is 1. The van der Waals surface area contributed by atoms with E-state index in [4.69, 9.17) is 5.73 Å². The van der Waals surface area contributed by atoms with Crippen molar-refractivity contribution in [2.75, 3.05) is 12.3 Å². The summed E-state index contributed by atoms with van der Waals surface area (Å²) in [6.45, 7) is 6.68. The second-order valence-electron chi connectivity index (χ2n) is 4.79. The van der Waals surface area contributed by atoms with Crippen LogP contribution in [-0.2, 0) is 4.79 Å². The number of nitrogens with zero attached hydrogens (tertiary/aromatic N) is 1. The van der Waals surface area contributed by atoms with Gasteiger partial charge in [0.2, 0.25) is 5.91 Å². The van der Waals surface area contributed by atoms with Crippen LogP contribution >= 0.6 is 11.8 Å². The van der Waals surface area contributed by atoms with Gasteiger partial charge in [-0.15, -0.1) is 0 Å². The molecular weight excluding hydrogens is 210 g/mol. The van der Waals surface area contributed by atoms with Crippen molar-refractivity contribution in [1.82, 2.24) is 5.32 Å². The summed E-state index contributed by atoms with van der Waals surface area (Å²) in [5.41, 5.74) is 5.26. The fourth-order valence-corrected chi connectivity index (χ4v) is 2.36. The van der Waals surface area contributed by atoms with Gasteiger partial charge in [-0.2, -0.15) is 0 Å². The molecule has 1 fully saturated rings. The lowest BCUT2D eigenvalue weighted by Crippen LogP contribution is -2.46. The average Bonchev–Trinajstić information content (AvgIpc) is 2.14. The first kappa shape index (κ1) is 12.4. The molecule has 0 bridgehead atoms. The first-order valence-electron chi connectivity index (χ1n) is 5.11. The van der Waals surface area contributed by atoms with Crippen molar-refractivity contribution >= 4 is 22.8 Å². The molecule has 1 aliphatic heterocycles. The van der Waals surface area contributed by atoms with Gasteiger partial charge in [0.05, 0.1) is 0 Å². The predicted octanol–water partition coefficient (Wildman–Crippen LogP) is 0.969. The minimum Gasteiger partial charge on any atom is -0.368 e. The SMILES string of the molecule is CC(C)(C)C1CCSC(=NCC(N)=O)N1. The lowest BCUT2D eigenvalue weighted by molar-refractivity contribution is -0.116. The van der Waals surface area contributed by atoms with Crippen LogP contribution in [0.4, 0.5) is 0 Å². The Kier molecular flexibility index (Phi) is 4.02. The van der Waals surface area contributed by atoms with Gasteiger partial charge in [0, 0.05) is 11.8 Å². The fraction of sp³-hybridized carbons (Fsp3) is 0.800. The zero-order valence-electron chi connectivity index (χ0n) is 9.54. The molecule has 1 atom stereocenters. The number of nitrogens with two attached hydrogens (primary N) is 1. The Hall–Kier alpha value is -0.710. The summed E-state index contributed by atoms with van der Waals surface area (Å²) >= 11 is 1.66. The van der Waals surface area contributed by atoms with Crippen molar-refractivity contribution in [2.45, 2.75) is 33.2 Å². The molecule has 1 unspecified atom stereocenters. The molecule has 0 spiro atoms. The summed E-state index contributed by atoms with van der Waals surface area (Å²) in [7, 11) is 0. The van der Waals surface area contributed by atoms with E-state index in [1.165, 1.54) is 0 Å². The molecule has 4 nitrogen and oxygen atoms in total. The summed E-state index contributed by atoms with van der Waals surface area (Å²) in [5, 5.41) is 4.20. The van der Waals surface area contributed by atoms with Crippen LogP contribution in [-0.4, -0.2) is 29.4 Å². The Morgan fingerprint density at radius 3 is 2.87 bits per heavy atom. The number of hydrogen-bond acceptors (Lipinski definition) is 3. The van der Waals surface area contributed by atoms with Crippen LogP contribution in [0.1, 0.15) is 27.2 Å². The van der Waals surface area contributed by atoms with Gasteiger partial charge < -0.3 is 11.1 Å². The molecule has 86 valence electrons. The van der Waals surface area contributed by atoms with Gasteiger partial charge >= 0.3 is 0 Å². The number of rotatable bonds is 2. The first-order valence-corrected chi connectivity index (χ1v) is 6.10. The topological polar surface area (TPSA) is 67.5 Å². The number of thioether (sulfide) groups is 1. The lowest BCUT2D eigenvalue weighted by Gasteiger charge is -2.35. The molecule has 1 amide bonds. The monoisotopic (exact) mass is 229 g/mol. The predicted molar refractivity (Wildman–Crippen MR) is 65.0 cm³/mol. The Balaban J connectivity index is 2.56. The first-order chi connectivity index (χ1) is 6.89.